The van der Waals surface area contributed by atoms with Crippen molar-refractivity contribution in [1.29, 1.82) is 0 Å². The van der Waals surface area contributed by atoms with E-state index in [1.165, 1.54) is 24.1 Å². The molecule has 0 spiro atoms. The zero-order valence-corrected chi connectivity index (χ0v) is 12.9. The highest BCUT2D eigenvalue weighted by Crippen LogP contribution is 2.40. The third-order valence-corrected chi connectivity index (χ3v) is 4.76. The summed E-state index contributed by atoms with van der Waals surface area (Å²) in [4.78, 5) is 11.5. The van der Waals surface area contributed by atoms with Crippen molar-refractivity contribution < 1.29 is 4.52 Å². The number of aromatic nitrogens is 3. The third kappa shape index (κ3) is 2.51. The lowest BCUT2D eigenvalue weighted by molar-refractivity contribution is 0.235. The van der Waals surface area contributed by atoms with Gasteiger partial charge in [0.1, 0.15) is 5.76 Å². The minimum absolute atomic E-state index is 0.626. The van der Waals surface area contributed by atoms with Gasteiger partial charge in [-0.1, -0.05) is 5.16 Å². The van der Waals surface area contributed by atoms with Crippen LogP contribution in [0, 0.1) is 0 Å². The van der Waals surface area contributed by atoms with Crippen LogP contribution in [0.3, 0.4) is 0 Å². The van der Waals surface area contributed by atoms with Crippen molar-refractivity contribution in [2.24, 2.45) is 0 Å². The van der Waals surface area contributed by atoms with Crippen LogP contribution in [0.25, 0.3) is 11.0 Å². The molecule has 23 heavy (non-hydrogen) atoms. The number of hydrogen-bond donors (Lipinski definition) is 0. The van der Waals surface area contributed by atoms with Gasteiger partial charge in [0.05, 0.1) is 5.69 Å². The zero-order chi connectivity index (χ0) is 15.2. The SMILES string of the molecule is c1cnc2nc3c(cc2c1)CN(Cc1cc(C2CC2)on1)CC3. The molecule has 1 saturated carbocycles. The van der Waals surface area contributed by atoms with Gasteiger partial charge in [-0.15, -0.1) is 0 Å². The monoisotopic (exact) mass is 306 g/mol. The van der Waals surface area contributed by atoms with Crippen LogP contribution in [-0.4, -0.2) is 26.6 Å². The van der Waals surface area contributed by atoms with Crippen molar-refractivity contribution >= 4 is 11.0 Å². The van der Waals surface area contributed by atoms with Crippen molar-refractivity contribution in [3.63, 3.8) is 0 Å². The second kappa shape index (κ2) is 5.13. The first-order chi connectivity index (χ1) is 11.3. The van der Waals surface area contributed by atoms with Crippen molar-refractivity contribution in [2.45, 2.75) is 38.3 Å². The summed E-state index contributed by atoms with van der Waals surface area (Å²) in [6.07, 6.45) is 5.27. The van der Waals surface area contributed by atoms with E-state index in [0.29, 0.717) is 5.92 Å². The molecule has 0 saturated heterocycles. The van der Waals surface area contributed by atoms with E-state index in [9.17, 15) is 0 Å². The maximum absolute atomic E-state index is 5.46. The molecule has 3 aromatic heterocycles. The molecule has 0 atom stereocenters. The molecule has 0 amide bonds. The van der Waals surface area contributed by atoms with E-state index in [2.05, 4.69) is 33.2 Å². The molecule has 1 fully saturated rings. The summed E-state index contributed by atoms with van der Waals surface area (Å²) in [6, 6.07) is 8.41. The summed E-state index contributed by atoms with van der Waals surface area (Å²) < 4.78 is 5.46. The summed E-state index contributed by atoms with van der Waals surface area (Å²) in [7, 11) is 0. The van der Waals surface area contributed by atoms with Crippen LogP contribution in [0.15, 0.2) is 35.0 Å². The maximum Gasteiger partial charge on any atom is 0.159 e. The normalized spacial score (nSPS) is 18.3. The van der Waals surface area contributed by atoms with E-state index in [1.54, 1.807) is 6.20 Å². The quantitative estimate of drug-likeness (QED) is 0.744. The third-order valence-electron chi connectivity index (χ3n) is 4.76. The fourth-order valence-electron chi connectivity index (χ4n) is 3.35. The molecule has 0 aromatic carbocycles. The van der Waals surface area contributed by atoms with Crippen LogP contribution >= 0.6 is 0 Å². The van der Waals surface area contributed by atoms with E-state index in [1.807, 2.05) is 6.07 Å². The van der Waals surface area contributed by atoms with Crippen LogP contribution in [0.5, 0.6) is 0 Å². The molecule has 1 aliphatic heterocycles. The predicted octanol–water partition coefficient (Wildman–Crippen LogP) is 3.05. The molecular weight excluding hydrogens is 288 g/mol. The summed E-state index contributed by atoms with van der Waals surface area (Å²) in [5, 5.41) is 5.35. The molecule has 0 bridgehead atoms. The van der Waals surface area contributed by atoms with E-state index in [0.717, 1.165) is 48.5 Å². The number of rotatable bonds is 3. The second-order valence-electron chi connectivity index (χ2n) is 6.60. The van der Waals surface area contributed by atoms with E-state index < -0.39 is 0 Å². The highest BCUT2D eigenvalue weighted by molar-refractivity contribution is 5.75. The first kappa shape index (κ1) is 13.2. The fraction of sp³-hybridized carbons (Fsp3) is 0.389. The molecule has 116 valence electrons. The molecule has 5 rings (SSSR count). The van der Waals surface area contributed by atoms with Gasteiger partial charge in [0, 0.05) is 55.3 Å². The Balaban J connectivity index is 1.37. The number of hydrogen-bond acceptors (Lipinski definition) is 5. The summed E-state index contributed by atoms with van der Waals surface area (Å²) in [5.41, 5.74) is 4.39. The Morgan fingerprint density at radius 2 is 2.22 bits per heavy atom. The topological polar surface area (TPSA) is 55.1 Å². The average molecular weight is 306 g/mol. The zero-order valence-electron chi connectivity index (χ0n) is 12.9. The molecule has 0 radical (unpaired) electrons. The van der Waals surface area contributed by atoms with Gasteiger partial charge in [0.2, 0.25) is 0 Å². The molecular formula is C18H18N4O. The lowest BCUT2D eigenvalue weighted by atomic mass is 10.0. The predicted molar refractivity (Wildman–Crippen MR) is 85.8 cm³/mol. The Morgan fingerprint density at radius 3 is 3.13 bits per heavy atom. The van der Waals surface area contributed by atoms with Crippen LogP contribution in [0.1, 0.15) is 41.5 Å². The van der Waals surface area contributed by atoms with Gasteiger partial charge in [0.25, 0.3) is 0 Å². The Labute approximate surface area is 134 Å². The summed E-state index contributed by atoms with van der Waals surface area (Å²) >= 11 is 0. The second-order valence-corrected chi connectivity index (χ2v) is 6.60. The average Bonchev–Trinajstić information content (AvgIpc) is 3.33. The number of fused-ring (bicyclic) bond motifs is 2. The van der Waals surface area contributed by atoms with Crippen molar-refractivity contribution in [1.82, 2.24) is 20.0 Å². The lowest BCUT2D eigenvalue weighted by Gasteiger charge is -2.27. The molecule has 0 N–H and O–H groups in total. The smallest absolute Gasteiger partial charge is 0.159 e. The molecule has 4 heterocycles. The Morgan fingerprint density at radius 1 is 1.26 bits per heavy atom. The van der Waals surface area contributed by atoms with Gasteiger partial charge in [-0.2, -0.15) is 0 Å². The van der Waals surface area contributed by atoms with Crippen molar-refractivity contribution in [3.8, 4) is 0 Å². The van der Waals surface area contributed by atoms with Crippen molar-refractivity contribution in [3.05, 3.63) is 53.2 Å². The lowest BCUT2D eigenvalue weighted by Crippen LogP contribution is -2.30. The maximum atomic E-state index is 5.46. The molecule has 5 heteroatoms. The van der Waals surface area contributed by atoms with Crippen LogP contribution in [0.4, 0.5) is 0 Å². The fourth-order valence-corrected chi connectivity index (χ4v) is 3.35. The van der Waals surface area contributed by atoms with Crippen LogP contribution < -0.4 is 0 Å². The minimum Gasteiger partial charge on any atom is -0.361 e. The van der Waals surface area contributed by atoms with Gasteiger partial charge in [-0.3, -0.25) is 4.90 Å². The first-order valence-electron chi connectivity index (χ1n) is 8.26. The summed E-state index contributed by atoms with van der Waals surface area (Å²) in [5.74, 6) is 1.69. The van der Waals surface area contributed by atoms with E-state index in [4.69, 9.17) is 9.51 Å². The first-order valence-corrected chi connectivity index (χ1v) is 8.26. The van der Waals surface area contributed by atoms with Gasteiger partial charge >= 0.3 is 0 Å². The number of nitrogens with zero attached hydrogens (tertiary/aromatic N) is 4. The van der Waals surface area contributed by atoms with Crippen LogP contribution in [0.2, 0.25) is 0 Å². The molecule has 0 unspecified atom stereocenters. The molecule has 1 aliphatic carbocycles. The van der Waals surface area contributed by atoms with Crippen molar-refractivity contribution in [2.75, 3.05) is 6.54 Å². The molecule has 3 aromatic rings. The largest absolute Gasteiger partial charge is 0.361 e. The van der Waals surface area contributed by atoms with E-state index in [-0.39, 0.29) is 0 Å². The minimum atomic E-state index is 0.626. The van der Waals surface area contributed by atoms with Gasteiger partial charge in [-0.05, 0) is 36.6 Å². The number of pyridine rings is 2. The summed E-state index contributed by atoms with van der Waals surface area (Å²) in [6.45, 7) is 2.77. The Hall–Kier alpha value is -2.27. The van der Waals surface area contributed by atoms with E-state index >= 15 is 0 Å². The van der Waals surface area contributed by atoms with Gasteiger partial charge < -0.3 is 4.52 Å². The Kier molecular flexibility index (Phi) is 2.94. The molecule has 5 nitrogen and oxygen atoms in total. The standard InChI is InChI=1S/C18H18N4O/c1-2-13-8-14-10-22(7-5-16(14)20-18(13)19-6-1)11-15-9-17(23-21-15)12-3-4-12/h1-2,6,8-9,12H,3-5,7,10-11H2. The van der Waals surface area contributed by atoms with Crippen LogP contribution in [-0.2, 0) is 19.5 Å². The van der Waals surface area contributed by atoms with Gasteiger partial charge in [0.15, 0.2) is 5.65 Å². The highest BCUT2D eigenvalue weighted by Gasteiger charge is 2.28. The molecule has 2 aliphatic rings. The van der Waals surface area contributed by atoms with Gasteiger partial charge in [-0.25, -0.2) is 9.97 Å². The highest BCUT2D eigenvalue weighted by atomic mass is 16.5. The Bertz CT molecular complexity index is 868.